The van der Waals surface area contributed by atoms with E-state index >= 15 is 0 Å². The van der Waals surface area contributed by atoms with Crippen LogP contribution in [0.1, 0.15) is 31.2 Å². The molecule has 16 heavy (non-hydrogen) atoms. The number of likely N-dealkylation sites (tertiary alicyclic amines) is 1. The fourth-order valence-electron chi connectivity index (χ4n) is 2.48. The highest BCUT2D eigenvalue weighted by Gasteiger charge is 2.30. The molecule has 2 heterocycles. The highest BCUT2D eigenvalue weighted by atomic mass is 79.9. The first-order valence-electron chi connectivity index (χ1n) is 5.83. The number of halogens is 1. The van der Waals surface area contributed by atoms with E-state index in [1.807, 2.05) is 11.3 Å². The Balaban J connectivity index is 2.17. The third-order valence-electron chi connectivity index (χ3n) is 3.23. The summed E-state index contributed by atoms with van der Waals surface area (Å²) >= 11 is 5.34. The van der Waals surface area contributed by atoms with Crippen LogP contribution in [0.15, 0.2) is 15.9 Å². The summed E-state index contributed by atoms with van der Waals surface area (Å²) in [7, 11) is 0. The molecule has 0 bridgehead atoms. The van der Waals surface area contributed by atoms with Gasteiger partial charge < -0.3 is 5.73 Å². The van der Waals surface area contributed by atoms with Gasteiger partial charge in [-0.05, 0) is 53.9 Å². The van der Waals surface area contributed by atoms with E-state index < -0.39 is 0 Å². The van der Waals surface area contributed by atoms with Crippen molar-refractivity contribution in [2.24, 2.45) is 11.7 Å². The molecule has 0 aromatic carbocycles. The van der Waals surface area contributed by atoms with E-state index in [1.165, 1.54) is 28.2 Å². The fourth-order valence-corrected chi connectivity index (χ4v) is 4.16. The zero-order chi connectivity index (χ0) is 11.7. The fraction of sp³-hybridized carbons (Fsp3) is 0.667. The minimum absolute atomic E-state index is 0.191. The first kappa shape index (κ1) is 12.6. The Labute approximate surface area is 110 Å². The van der Waals surface area contributed by atoms with Crippen LogP contribution in [0.3, 0.4) is 0 Å². The average molecular weight is 303 g/mol. The molecule has 2 rings (SSSR count). The maximum absolute atomic E-state index is 6.15. The Bertz CT molecular complexity index is 351. The summed E-state index contributed by atoms with van der Waals surface area (Å²) in [5.41, 5.74) is 6.15. The number of thiophene rings is 1. The second-order valence-corrected chi connectivity index (χ2v) is 7.33. The molecule has 1 aromatic rings. The van der Waals surface area contributed by atoms with Crippen LogP contribution in [-0.4, -0.2) is 24.0 Å². The molecule has 0 amide bonds. The Hall–Kier alpha value is 0.1000. The first-order chi connectivity index (χ1) is 7.58. The van der Waals surface area contributed by atoms with Gasteiger partial charge in [0.15, 0.2) is 0 Å². The standard InChI is InChI=1S/C12H19BrN2S/c1-8-5-6-15(7-8)12(9(2)14)10-3-4-11(13)16-10/h3-4,8-9,12H,5-7,14H2,1-2H3. The third-order valence-corrected chi connectivity index (χ3v) is 4.93. The van der Waals surface area contributed by atoms with E-state index in [2.05, 4.69) is 46.8 Å². The minimum atomic E-state index is 0.191. The Morgan fingerprint density at radius 2 is 2.31 bits per heavy atom. The Kier molecular flexibility index (Phi) is 4.06. The molecule has 0 saturated carbocycles. The molecule has 1 fully saturated rings. The molecule has 2 N–H and O–H groups in total. The van der Waals surface area contributed by atoms with Crippen molar-refractivity contribution in [1.82, 2.24) is 4.90 Å². The smallest absolute Gasteiger partial charge is 0.0702 e. The van der Waals surface area contributed by atoms with Crippen LogP contribution in [0.5, 0.6) is 0 Å². The van der Waals surface area contributed by atoms with Gasteiger partial charge in [0.25, 0.3) is 0 Å². The van der Waals surface area contributed by atoms with E-state index in [0.29, 0.717) is 6.04 Å². The SMILES string of the molecule is CC1CCN(C(c2ccc(Br)s2)C(C)N)C1. The lowest BCUT2D eigenvalue weighted by atomic mass is 10.1. The van der Waals surface area contributed by atoms with Crippen molar-refractivity contribution in [2.45, 2.75) is 32.4 Å². The van der Waals surface area contributed by atoms with Crippen LogP contribution in [0.2, 0.25) is 0 Å². The van der Waals surface area contributed by atoms with E-state index in [4.69, 9.17) is 5.73 Å². The van der Waals surface area contributed by atoms with Crippen molar-refractivity contribution in [3.63, 3.8) is 0 Å². The van der Waals surface area contributed by atoms with Crippen molar-refractivity contribution in [2.75, 3.05) is 13.1 Å². The summed E-state index contributed by atoms with van der Waals surface area (Å²) < 4.78 is 1.19. The summed E-state index contributed by atoms with van der Waals surface area (Å²) in [6.45, 7) is 6.80. The van der Waals surface area contributed by atoms with Crippen molar-refractivity contribution in [1.29, 1.82) is 0 Å². The van der Waals surface area contributed by atoms with Gasteiger partial charge in [-0.2, -0.15) is 0 Å². The van der Waals surface area contributed by atoms with Crippen LogP contribution < -0.4 is 5.73 Å². The van der Waals surface area contributed by atoms with Crippen LogP contribution in [-0.2, 0) is 0 Å². The van der Waals surface area contributed by atoms with Crippen molar-refractivity contribution < 1.29 is 0 Å². The molecule has 1 saturated heterocycles. The van der Waals surface area contributed by atoms with Crippen LogP contribution >= 0.6 is 27.3 Å². The number of rotatable bonds is 3. The summed E-state index contributed by atoms with van der Waals surface area (Å²) in [5, 5.41) is 0. The van der Waals surface area contributed by atoms with Crippen molar-refractivity contribution in [3.8, 4) is 0 Å². The van der Waals surface area contributed by atoms with Crippen LogP contribution in [0.4, 0.5) is 0 Å². The summed E-state index contributed by atoms with van der Waals surface area (Å²) in [5.74, 6) is 0.810. The number of hydrogen-bond donors (Lipinski definition) is 1. The largest absolute Gasteiger partial charge is 0.326 e. The molecule has 2 nitrogen and oxygen atoms in total. The lowest BCUT2D eigenvalue weighted by Crippen LogP contribution is -2.37. The Morgan fingerprint density at radius 1 is 1.56 bits per heavy atom. The van der Waals surface area contributed by atoms with Gasteiger partial charge in [0, 0.05) is 17.5 Å². The second kappa shape index (κ2) is 5.17. The number of nitrogens with zero attached hydrogens (tertiary/aromatic N) is 1. The van der Waals surface area contributed by atoms with Gasteiger partial charge >= 0.3 is 0 Å². The van der Waals surface area contributed by atoms with E-state index in [0.717, 1.165) is 5.92 Å². The molecule has 3 atom stereocenters. The quantitative estimate of drug-likeness (QED) is 0.929. The van der Waals surface area contributed by atoms with Gasteiger partial charge in [-0.15, -0.1) is 11.3 Å². The zero-order valence-corrected chi connectivity index (χ0v) is 12.2. The maximum atomic E-state index is 6.15. The van der Waals surface area contributed by atoms with E-state index in [1.54, 1.807) is 0 Å². The summed E-state index contributed by atoms with van der Waals surface area (Å²) in [6, 6.07) is 4.90. The maximum Gasteiger partial charge on any atom is 0.0702 e. The number of hydrogen-bond acceptors (Lipinski definition) is 3. The minimum Gasteiger partial charge on any atom is -0.326 e. The molecule has 0 spiro atoms. The number of nitrogens with two attached hydrogens (primary N) is 1. The predicted molar refractivity (Wildman–Crippen MR) is 73.8 cm³/mol. The van der Waals surface area contributed by atoms with Gasteiger partial charge in [-0.3, -0.25) is 4.90 Å². The van der Waals surface area contributed by atoms with Crippen LogP contribution in [0, 0.1) is 5.92 Å². The van der Waals surface area contributed by atoms with Crippen molar-refractivity contribution >= 4 is 27.3 Å². The lowest BCUT2D eigenvalue weighted by Gasteiger charge is -2.30. The molecule has 0 radical (unpaired) electrons. The zero-order valence-electron chi connectivity index (χ0n) is 9.82. The lowest BCUT2D eigenvalue weighted by molar-refractivity contribution is 0.216. The predicted octanol–water partition coefficient (Wildman–Crippen LogP) is 3.24. The highest BCUT2D eigenvalue weighted by Crippen LogP contribution is 2.35. The van der Waals surface area contributed by atoms with E-state index in [9.17, 15) is 0 Å². The normalized spacial score (nSPS) is 25.9. The summed E-state index contributed by atoms with van der Waals surface area (Å²) in [4.78, 5) is 3.92. The average Bonchev–Trinajstić information content (AvgIpc) is 2.76. The van der Waals surface area contributed by atoms with E-state index in [-0.39, 0.29) is 6.04 Å². The molecular weight excluding hydrogens is 284 g/mol. The van der Waals surface area contributed by atoms with Crippen molar-refractivity contribution in [3.05, 3.63) is 20.8 Å². The summed E-state index contributed by atoms with van der Waals surface area (Å²) in [6.07, 6.45) is 1.30. The first-order valence-corrected chi connectivity index (χ1v) is 7.43. The van der Waals surface area contributed by atoms with Crippen LogP contribution in [0.25, 0.3) is 0 Å². The topological polar surface area (TPSA) is 29.3 Å². The van der Waals surface area contributed by atoms with Gasteiger partial charge in [-0.1, -0.05) is 6.92 Å². The monoisotopic (exact) mass is 302 g/mol. The van der Waals surface area contributed by atoms with Gasteiger partial charge in [0.05, 0.1) is 9.83 Å². The second-order valence-electron chi connectivity index (χ2n) is 4.83. The van der Waals surface area contributed by atoms with Gasteiger partial charge in [0.2, 0.25) is 0 Å². The van der Waals surface area contributed by atoms with Gasteiger partial charge in [0.1, 0.15) is 0 Å². The highest BCUT2D eigenvalue weighted by molar-refractivity contribution is 9.11. The molecule has 1 aliphatic rings. The Morgan fingerprint density at radius 3 is 2.75 bits per heavy atom. The molecule has 1 aromatic heterocycles. The molecule has 4 heteroatoms. The molecule has 90 valence electrons. The molecule has 0 aliphatic carbocycles. The molecular formula is C12H19BrN2S. The molecule has 1 aliphatic heterocycles. The third kappa shape index (κ3) is 2.67. The molecule has 3 unspecified atom stereocenters. The van der Waals surface area contributed by atoms with Gasteiger partial charge in [-0.25, -0.2) is 0 Å².